The number of benzene rings is 1. The molecule has 0 radical (unpaired) electrons. The smallest absolute Gasteiger partial charge is 0.0101 e. The molecule has 0 bridgehead atoms. The molecule has 0 spiro atoms. The first-order valence-corrected chi connectivity index (χ1v) is 6.18. The minimum Gasteiger partial charge on any atom is -0.0646 e. The lowest BCUT2D eigenvalue weighted by Gasteiger charge is -2.29. The largest absolute Gasteiger partial charge is 0.0646 e. The Balaban J connectivity index is 3.34. The topological polar surface area (TPSA) is 0 Å². The van der Waals surface area contributed by atoms with Crippen molar-refractivity contribution in [2.24, 2.45) is 0 Å². The van der Waals surface area contributed by atoms with E-state index in [0.29, 0.717) is 5.41 Å². The van der Waals surface area contributed by atoms with Crippen LogP contribution in [-0.4, -0.2) is 0 Å². The Labute approximate surface area is 94.7 Å². The summed E-state index contributed by atoms with van der Waals surface area (Å²) in [6.07, 6.45) is 3.50. The van der Waals surface area contributed by atoms with Gasteiger partial charge in [0.2, 0.25) is 0 Å². The number of rotatable bonds is 4. The maximum atomic E-state index is 2.36. The van der Waals surface area contributed by atoms with Crippen molar-refractivity contribution in [3.8, 4) is 0 Å². The predicted molar refractivity (Wildman–Crippen MR) is 68.5 cm³/mol. The van der Waals surface area contributed by atoms with Crippen molar-refractivity contribution in [2.45, 2.75) is 59.3 Å². The Kier molecular flexibility index (Phi) is 3.96. The summed E-state index contributed by atoms with van der Waals surface area (Å²) in [7, 11) is 0. The van der Waals surface area contributed by atoms with Crippen molar-refractivity contribution in [1.82, 2.24) is 0 Å². The maximum absolute atomic E-state index is 2.36. The van der Waals surface area contributed by atoms with Gasteiger partial charge >= 0.3 is 0 Å². The average Bonchev–Trinajstić information content (AvgIpc) is 2.27. The van der Waals surface area contributed by atoms with Crippen LogP contribution in [0.1, 0.15) is 57.7 Å². The molecule has 1 rings (SSSR count). The summed E-state index contributed by atoms with van der Waals surface area (Å²) in [5.41, 5.74) is 4.97. The Morgan fingerprint density at radius 2 is 1.40 bits per heavy atom. The summed E-state index contributed by atoms with van der Waals surface area (Å²) in [6, 6.07) is 6.77. The predicted octanol–water partition coefficient (Wildman–Crippen LogP) is 4.50. The molecule has 0 unspecified atom stereocenters. The lowest BCUT2D eigenvalue weighted by atomic mass is 9.76. The van der Waals surface area contributed by atoms with E-state index in [2.05, 4.69) is 52.8 Å². The van der Waals surface area contributed by atoms with Crippen LogP contribution in [-0.2, 0) is 18.3 Å². The molecule has 0 aromatic heterocycles. The quantitative estimate of drug-likeness (QED) is 0.677. The summed E-state index contributed by atoms with van der Waals surface area (Å²) in [6.45, 7) is 11.5. The zero-order chi connectivity index (χ0) is 11.5. The van der Waals surface area contributed by atoms with Gasteiger partial charge in [0, 0.05) is 0 Å². The van der Waals surface area contributed by atoms with E-state index in [9.17, 15) is 0 Å². The molecule has 15 heavy (non-hydrogen) atoms. The molecular formula is C15H24. The minimum atomic E-state index is 0.317. The molecule has 0 saturated heterocycles. The van der Waals surface area contributed by atoms with Gasteiger partial charge in [0.1, 0.15) is 0 Å². The molecular weight excluding hydrogens is 180 g/mol. The second-order valence-electron chi connectivity index (χ2n) is 4.90. The van der Waals surface area contributed by atoms with E-state index < -0.39 is 0 Å². The lowest BCUT2D eigenvalue weighted by Crippen LogP contribution is -2.20. The molecule has 0 heterocycles. The molecule has 0 heteroatoms. The number of hydrogen-bond acceptors (Lipinski definition) is 0. The molecule has 1 aromatic carbocycles. The van der Waals surface area contributed by atoms with Gasteiger partial charge in [-0.1, -0.05) is 52.8 Å². The third-order valence-electron chi connectivity index (χ3n) is 3.56. The SMILES string of the molecule is CCc1cccc(CC)c1C(C)(C)CC. The van der Waals surface area contributed by atoms with Crippen LogP contribution in [0.3, 0.4) is 0 Å². The van der Waals surface area contributed by atoms with Crippen molar-refractivity contribution in [1.29, 1.82) is 0 Å². The monoisotopic (exact) mass is 204 g/mol. The highest BCUT2D eigenvalue weighted by Crippen LogP contribution is 2.33. The van der Waals surface area contributed by atoms with E-state index in [0.717, 1.165) is 12.8 Å². The van der Waals surface area contributed by atoms with E-state index in [1.54, 1.807) is 5.56 Å². The lowest BCUT2D eigenvalue weighted by molar-refractivity contribution is 0.497. The van der Waals surface area contributed by atoms with Crippen LogP contribution >= 0.6 is 0 Å². The van der Waals surface area contributed by atoms with Crippen LogP contribution in [0.5, 0.6) is 0 Å². The summed E-state index contributed by atoms with van der Waals surface area (Å²) in [5.74, 6) is 0. The molecule has 0 fully saturated rings. The van der Waals surface area contributed by atoms with Crippen molar-refractivity contribution >= 4 is 0 Å². The van der Waals surface area contributed by atoms with Crippen LogP contribution in [0.25, 0.3) is 0 Å². The maximum Gasteiger partial charge on any atom is -0.0101 e. The Morgan fingerprint density at radius 3 is 1.73 bits per heavy atom. The molecule has 84 valence electrons. The van der Waals surface area contributed by atoms with E-state index in [1.165, 1.54) is 17.5 Å². The number of aryl methyl sites for hydroxylation is 2. The highest BCUT2D eigenvalue weighted by Gasteiger charge is 2.23. The fourth-order valence-electron chi connectivity index (χ4n) is 2.29. The third-order valence-corrected chi connectivity index (χ3v) is 3.56. The van der Waals surface area contributed by atoms with Gasteiger partial charge in [0.05, 0.1) is 0 Å². The molecule has 1 aromatic rings. The van der Waals surface area contributed by atoms with E-state index >= 15 is 0 Å². The van der Waals surface area contributed by atoms with Crippen LogP contribution in [0.4, 0.5) is 0 Å². The Bertz CT molecular complexity index is 299. The second kappa shape index (κ2) is 4.83. The molecule has 0 amide bonds. The summed E-state index contributed by atoms with van der Waals surface area (Å²) in [5, 5.41) is 0. The van der Waals surface area contributed by atoms with Crippen LogP contribution in [0, 0.1) is 0 Å². The van der Waals surface area contributed by atoms with Gasteiger partial charge in [-0.3, -0.25) is 0 Å². The standard InChI is InChI=1S/C15H24/c1-6-12-10-9-11-13(7-2)14(12)15(4,5)8-3/h9-11H,6-8H2,1-5H3. The summed E-state index contributed by atoms with van der Waals surface area (Å²) >= 11 is 0. The molecule has 0 N–H and O–H groups in total. The molecule has 0 nitrogen and oxygen atoms in total. The Hall–Kier alpha value is -0.780. The normalized spacial score (nSPS) is 11.8. The third kappa shape index (κ3) is 2.42. The molecule has 0 aliphatic carbocycles. The molecule has 0 aliphatic rings. The van der Waals surface area contributed by atoms with Gasteiger partial charge in [-0.05, 0) is 41.4 Å². The minimum absolute atomic E-state index is 0.317. The summed E-state index contributed by atoms with van der Waals surface area (Å²) < 4.78 is 0. The first-order valence-electron chi connectivity index (χ1n) is 6.18. The zero-order valence-electron chi connectivity index (χ0n) is 10.9. The molecule has 0 saturated carbocycles. The molecule has 0 atom stereocenters. The van der Waals surface area contributed by atoms with E-state index in [1.807, 2.05) is 0 Å². The average molecular weight is 204 g/mol. The Morgan fingerprint density at radius 1 is 0.933 bits per heavy atom. The van der Waals surface area contributed by atoms with Crippen molar-refractivity contribution in [3.05, 3.63) is 34.9 Å². The van der Waals surface area contributed by atoms with Crippen LogP contribution in [0.2, 0.25) is 0 Å². The number of hydrogen-bond donors (Lipinski definition) is 0. The van der Waals surface area contributed by atoms with Gasteiger partial charge in [0.25, 0.3) is 0 Å². The zero-order valence-corrected chi connectivity index (χ0v) is 10.9. The van der Waals surface area contributed by atoms with Gasteiger partial charge in [0.15, 0.2) is 0 Å². The molecule has 0 aliphatic heterocycles. The van der Waals surface area contributed by atoms with Crippen molar-refractivity contribution < 1.29 is 0 Å². The fourth-order valence-corrected chi connectivity index (χ4v) is 2.29. The van der Waals surface area contributed by atoms with Gasteiger partial charge in [-0.2, -0.15) is 0 Å². The second-order valence-corrected chi connectivity index (χ2v) is 4.90. The van der Waals surface area contributed by atoms with E-state index in [-0.39, 0.29) is 0 Å². The van der Waals surface area contributed by atoms with Gasteiger partial charge in [-0.15, -0.1) is 0 Å². The highest BCUT2D eigenvalue weighted by molar-refractivity contribution is 5.40. The first kappa shape index (κ1) is 12.3. The van der Waals surface area contributed by atoms with Crippen LogP contribution in [0.15, 0.2) is 18.2 Å². The van der Waals surface area contributed by atoms with Crippen LogP contribution < -0.4 is 0 Å². The van der Waals surface area contributed by atoms with E-state index in [4.69, 9.17) is 0 Å². The van der Waals surface area contributed by atoms with Gasteiger partial charge < -0.3 is 0 Å². The van der Waals surface area contributed by atoms with Crippen molar-refractivity contribution in [2.75, 3.05) is 0 Å². The fraction of sp³-hybridized carbons (Fsp3) is 0.600. The van der Waals surface area contributed by atoms with Gasteiger partial charge in [-0.25, -0.2) is 0 Å². The highest BCUT2D eigenvalue weighted by atomic mass is 14.3. The van der Waals surface area contributed by atoms with Crippen molar-refractivity contribution in [3.63, 3.8) is 0 Å². The first-order chi connectivity index (χ1) is 7.06. The summed E-state index contributed by atoms with van der Waals surface area (Å²) in [4.78, 5) is 0.